The molecular formula is C11H8F4O5S. The second-order valence-corrected chi connectivity index (χ2v) is 5.34. The summed E-state index contributed by atoms with van der Waals surface area (Å²) in [5.74, 6) is -3.79. The monoisotopic (exact) mass is 328 g/mol. The summed E-state index contributed by atoms with van der Waals surface area (Å²) < 4.78 is 74.8. The van der Waals surface area contributed by atoms with Crippen molar-refractivity contribution in [2.24, 2.45) is 0 Å². The normalized spacial score (nSPS) is 13.1. The Bertz CT molecular complexity index is 691. The summed E-state index contributed by atoms with van der Waals surface area (Å²) >= 11 is 0. The minimum absolute atomic E-state index is 0.0177. The molecule has 0 unspecified atom stereocenters. The standard InChI is InChI=1S/C11H8F4O5S/c1-6(10(16)17)4-7-2-3-9(8(12)5-7)20-21(18,19)11(13,14)15/h2-5H,1H3,(H,16,17). The lowest BCUT2D eigenvalue weighted by molar-refractivity contribution is -0.132. The molecule has 5 nitrogen and oxygen atoms in total. The van der Waals surface area contributed by atoms with Gasteiger partial charge in [0.1, 0.15) is 0 Å². The zero-order valence-corrected chi connectivity index (χ0v) is 11.1. The first-order valence-electron chi connectivity index (χ1n) is 5.16. The van der Waals surface area contributed by atoms with Gasteiger partial charge in [-0.1, -0.05) is 6.07 Å². The van der Waals surface area contributed by atoms with Crippen molar-refractivity contribution in [2.45, 2.75) is 12.4 Å². The van der Waals surface area contributed by atoms with E-state index in [1.54, 1.807) is 0 Å². The van der Waals surface area contributed by atoms with Crippen molar-refractivity contribution in [2.75, 3.05) is 0 Å². The Morgan fingerprint density at radius 3 is 2.33 bits per heavy atom. The highest BCUT2D eigenvalue weighted by molar-refractivity contribution is 7.88. The van der Waals surface area contributed by atoms with E-state index in [-0.39, 0.29) is 11.1 Å². The molecule has 116 valence electrons. The Kier molecular flexibility index (Phi) is 4.62. The Labute approximate surface area is 116 Å². The Morgan fingerprint density at radius 1 is 1.33 bits per heavy atom. The van der Waals surface area contributed by atoms with Crippen LogP contribution in [0.5, 0.6) is 5.75 Å². The van der Waals surface area contributed by atoms with Crippen LogP contribution in [0.25, 0.3) is 6.08 Å². The number of hydrogen-bond donors (Lipinski definition) is 1. The van der Waals surface area contributed by atoms with E-state index in [0.717, 1.165) is 12.1 Å². The van der Waals surface area contributed by atoms with Crippen LogP contribution in [-0.2, 0) is 14.9 Å². The van der Waals surface area contributed by atoms with Crippen molar-refractivity contribution >= 4 is 22.2 Å². The van der Waals surface area contributed by atoms with Gasteiger partial charge in [-0.3, -0.25) is 0 Å². The van der Waals surface area contributed by atoms with E-state index < -0.39 is 33.2 Å². The van der Waals surface area contributed by atoms with Gasteiger partial charge in [-0.25, -0.2) is 9.18 Å². The van der Waals surface area contributed by atoms with Crippen LogP contribution in [0.4, 0.5) is 17.6 Å². The van der Waals surface area contributed by atoms with Crippen LogP contribution in [-0.4, -0.2) is 25.0 Å². The van der Waals surface area contributed by atoms with Crippen LogP contribution in [0.1, 0.15) is 12.5 Å². The second-order valence-electron chi connectivity index (χ2n) is 3.81. The first kappa shape index (κ1) is 17.0. The van der Waals surface area contributed by atoms with Crippen LogP contribution in [0.15, 0.2) is 23.8 Å². The van der Waals surface area contributed by atoms with E-state index in [2.05, 4.69) is 4.18 Å². The highest BCUT2D eigenvalue weighted by Gasteiger charge is 2.48. The van der Waals surface area contributed by atoms with Crippen LogP contribution >= 0.6 is 0 Å². The first-order chi connectivity index (χ1) is 9.44. The third-order valence-corrected chi connectivity index (χ3v) is 3.13. The molecule has 0 spiro atoms. The lowest BCUT2D eigenvalue weighted by Gasteiger charge is -2.10. The molecule has 0 amide bonds. The maximum atomic E-state index is 13.5. The summed E-state index contributed by atoms with van der Waals surface area (Å²) in [6.07, 6.45) is 1.05. The molecule has 0 bridgehead atoms. The number of benzene rings is 1. The maximum absolute atomic E-state index is 13.5. The molecule has 0 heterocycles. The molecule has 1 N–H and O–H groups in total. The summed E-state index contributed by atoms with van der Waals surface area (Å²) in [5.41, 5.74) is -5.81. The molecule has 0 fully saturated rings. The molecule has 0 aromatic heterocycles. The lowest BCUT2D eigenvalue weighted by atomic mass is 10.1. The van der Waals surface area contributed by atoms with E-state index >= 15 is 0 Å². The van der Waals surface area contributed by atoms with Crippen molar-refractivity contribution in [1.82, 2.24) is 0 Å². The first-order valence-corrected chi connectivity index (χ1v) is 6.57. The van der Waals surface area contributed by atoms with Crippen LogP contribution in [0.3, 0.4) is 0 Å². The zero-order valence-electron chi connectivity index (χ0n) is 10.3. The molecule has 21 heavy (non-hydrogen) atoms. The number of carboxylic acid groups (broad SMARTS) is 1. The number of hydrogen-bond acceptors (Lipinski definition) is 4. The van der Waals surface area contributed by atoms with Gasteiger partial charge in [0.2, 0.25) is 0 Å². The topological polar surface area (TPSA) is 80.7 Å². The minimum atomic E-state index is -5.97. The minimum Gasteiger partial charge on any atom is -0.478 e. The predicted molar refractivity (Wildman–Crippen MR) is 63.3 cm³/mol. The fourth-order valence-electron chi connectivity index (χ4n) is 1.15. The fourth-order valence-corrected chi connectivity index (χ4v) is 1.62. The van der Waals surface area contributed by atoms with Gasteiger partial charge < -0.3 is 9.29 Å². The second kappa shape index (κ2) is 5.72. The molecule has 0 radical (unpaired) electrons. The fraction of sp³-hybridized carbons (Fsp3) is 0.182. The van der Waals surface area contributed by atoms with E-state index in [9.17, 15) is 30.8 Å². The number of halogens is 4. The number of aliphatic carboxylic acids is 1. The average molecular weight is 328 g/mol. The van der Waals surface area contributed by atoms with E-state index in [4.69, 9.17) is 5.11 Å². The molecule has 1 aromatic rings. The summed E-state index contributed by atoms with van der Waals surface area (Å²) in [6.45, 7) is 1.22. The van der Waals surface area contributed by atoms with Gasteiger partial charge in [-0.2, -0.15) is 21.6 Å². The van der Waals surface area contributed by atoms with Gasteiger partial charge in [-0.15, -0.1) is 0 Å². The third-order valence-electron chi connectivity index (χ3n) is 2.16. The molecule has 0 aliphatic heterocycles. The number of rotatable bonds is 4. The van der Waals surface area contributed by atoms with Crippen LogP contribution < -0.4 is 4.18 Å². The molecule has 0 saturated heterocycles. The SMILES string of the molecule is CC(=Cc1ccc(OS(=O)(=O)C(F)(F)F)c(F)c1)C(=O)O. The van der Waals surface area contributed by atoms with Gasteiger partial charge in [0.25, 0.3) is 0 Å². The van der Waals surface area contributed by atoms with Crippen molar-refractivity contribution in [3.05, 3.63) is 35.2 Å². The van der Waals surface area contributed by atoms with E-state index in [0.29, 0.717) is 12.1 Å². The largest absolute Gasteiger partial charge is 0.534 e. The average Bonchev–Trinajstić information content (AvgIpc) is 2.30. The molecule has 0 atom stereocenters. The highest BCUT2D eigenvalue weighted by atomic mass is 32.2. The molecular weight excluding hydrogens is 320 g/mol. The molecule has 0 aliphatic carbocycles. The van der Waals surface area contributed by atoms with Crippen molar-refractivity contribution in [1.29, 1.82) is 0 Å². The Morgan fingerprint density at radius 2 is 1.90 bits per heavy atom. The van der Waals surface area contributed by atoms with Crippen LogP contribution in [0, 0.1) is 5.82 Å². The summed E-state index contributed by atoms with van der Waals surface area (Å²) in [7, 11) is -5.97. The van der Waals surface area contributed by atoms with Crippen molar-refractivity contribution < 1.29 is 40.1 Å². The van der Waals surface area contributed by atoms with Crippen molar-refractivity contribution in [3.63, 3.8) is 0 Å². The van der Waals surface area contributed by atoms with Crippen LogP contribution in [0.2, 0.25) is 0 Å². The van der Waals surface area contributed by atoms with E-state index in [1.807, 2.05) is 0 Å². The van der Waals surface area contributed by atoms with Gasteiger partial charge in [0.05, 0.1) is 0 Å². The number of carbonyl (C=O) groups is 1. The molecule has 10 heteroatoms. The number of carboxylic acids is 1. The summed E-state index contributed by atoms with van der Waals surface area (Å²) in [5, 5.41) is 8.62. The molecule has 0 aliphatic rings. The Balaban J connectivity index is 3.11. The Hall–Kier alpha value is -2.10. The predicted octanol–water partition coefficient (Wildman–Crippen LogP) is 2.54. The van der Waals surface area contributed by atoms with Gasteiger partial charge in [0, 0.05) is 5.57 Å². The lowest BCUT2D eigenvalue weighted by Crippen LogP contribution is -2.28. The highest BCUT2D eigenvalue weighted by Crippen LogP contribution is 2.29. The maximum Gasteiger partial charge on any atom is 0.534 e. The molecule has 0 saturated carbocycles. The third kappa shape index (κ3) is 4.18. The zero-order chi connectivity index (χ0) is 16.4. The van der Waals surface area contributed by atoms with Gasteiger partial charge >= 0.3 is 21.6 Å². The van der Waals surface area contributed by atoms with Crippen molar-refractivity contribution in [3.8, 4) is 5.75 Å². The molecule has 1 rings (SSSR count). The molecule has 1 aromatic carbocycles. The summed E-state index contributed by atoms with van der Waals surface area (Å²) in [6, 6.07) is 2.31. The van der Waals surface area contributed by atoms with Gasteiger partial charge in [0.15, 0.2) is 11.6 Å². The summed E-state index contributed by atoms with van der Waals surface area (Å²) in [4.78, 5) is 10.6. The van der Waals surface area contributed by atoms with E-state index in [1.165, 1.54) is 6.92 Å². The quantitative estimate of drug-likeness (QED) is 0.398. The number of alkyl halides is 3. The van der Waals surface area contributed by atoms with Gasteiger partial charge in [-0.05, 0) is 30.7 Å². The smallest absolute Gasteiger partial charge is 0.478 e.